The number of rotatable bonds is 3. The second-order valence-corrected chi connectivity index (χ2v) is 8.50. The Bertz CT molecular complexity index is 1120. The van der Waals surface area contributed by atoms with Gasteiger partial charge in [0, 0.05) is 24.3 Å². The summed E-state index contributed by atoms with van der Waals surface area (Å²) in [7, 11) is -2.19. The van der Waals surface area contributed by atoms with Gasteiger partial charge in [-0.3, -0.25) is 0 Å². The van der Waals surface area contributed by atoms with Crippen molar-refractivity contribution in [2.45, 2.75) is 29.7 Å². The standard InChI is InChI=1S/C17H18ClN5O2S/c1-10-13-6-7-20-9-14(13)23-17(21-10)15(16(19-2)22-23)26(24,25)12-5-3-4-11(18)8-12/h3-5,8,20H,6-7,9H2,1-2H3,(H,19,22). The highest BCUT2D eigenvalue weighted by Gasteiger charge is 2.30. The largest absolute Gasteiger partial charge is 0.370 e. The SMILES string of the molecule is CNc1nn2c3c(c(C)nc2c1S(=O)(=O)c1cccc(Cl)c1)CCNC3. The number of hydrogen-bond acceptors (Lipinski definition) is 6. The molecule has 0 aliphatic carbocycles. The van der Waals surface area contributed by atoms with E-state index in [0.29, 0.717) is 17.2 Å². The Balaban J connectivity index is 2.05. The molecule has 0 saturated carbocycles. The van der Waals surface area contributed by atoms with Crippen molar-refractivity contribution in [1.29, 1.82) is 0 Å². The predicted octanol–water partition coefficient (Wildman–Crippen LogP) is 2.21. The van der Waals surface area contributed by atoms with Gasteiger partial charge in [-0.1, -0.05) is 17.7 Å². The molecule has 9 heteroatoms. The number of halogens is 1. The molecule has 0 fully saturated rings. The quantitative estimate of drug-likeness (QED) is 0.711. The molecule has 4 rings (SSSR count). The number of fused-ring (bicyclic) bond motifs is 3. The first-order chi connectivity index (χ1) is 12.4. The Morgan fingerprint density at radius 3 is 2.88 bits per heavy atom. The number of sulfone groups is 1. The maximum atomic E-state index is 13.3. The highest BCUT2D eigenvalue weighted by atomic mass is 35.5. The van der Waals surface area contributed by atoms with Gasteiger partial charge in [-0.25, -0.2) is 17.9 Å². The Hall–Kier alpha value is -2.16. The summed E-state index contributed by atoms with van der Waals surface area (Å²) in [6, 6.07) is 6.22. The highest BCUT2D eigenvalue weighted by molar-refractivity contribution is 7.91. The van der Waals surface area contributed by atoms with E-state index >= 15 is 0 Å². The van der Waals surface area contributed by atoms with Crippen LogP contribution >= 0.6 is 11.6 Å². The average Bonchev–Trinajstić information content (AvgIpc) is 3.01. The molecule has 26 heavy (non-hydrogen) atoms. The third kappa shape index (κ3) is 2.56. The first-order valence-corrected chi connectivity index (χ1v) is 10.1. The minimum atomic E-state index is -3.84. The number of anilines is 1. The van der Waals surface area contributed by atoms with Gasteiger partial charge in [0.15, 0.2) is 16.4 Å². The molecule has 2 N–H and O–H groups in total. The van der Waals surface area contributed by atoms with Crippen LogP contribution in [0.3, 0.4) is 0 Å². The molecule has 0 spiro atoms. The topological polar surface area (TPSA) is 88.4 Å². The number of benzene rings is 1. The highest BCUT2D eigenvalue weighted by Crippen LogP contribution is 2.33. The minimum absolute atomic E-state index is 0.0683. The minimum Gasteiger partial charge on any atom is -0.370 e. The molecule has 0 radical (unpaired) electrons. The molecule has 136 valence electrons. The van der Waals surface area contributed by atoms with E-state index in [1.165, 1.54) is 12.1 Å². The second-order valence-electron chi connectivity index (χ2n) is 6.17. The summed E-state index contributed by atoms with van der Waals surface area (Å²) in [5, 5.41) is 11.1. The van der Waals surface area contributed by atoms with Crippen LogP contribution in [0.15, 0.2) is 34.1 Å². The Labute approximate surface area is 156 Å². The van der Waals surface area contributed by atoms with E-state index in [2.05, 4.69) is 20.7 Å². The van der Waals surface area contributed by atoms with E-state index in [1.807, 2.05) is 6.92 Å². The van der Waals surface area contributed by atoms with Crippen molar-refractivity contribution in [3.05, 3.63) is 46.2 Å². The third-order valence-electron chi connectivity index (χ3n) is 4.59. The van der Waals surface area contributed by atoms with Gasteiger partial charge >= 0.3 is 0 Å². The molecule has 0 atom stereocenters. The molecule has 0 amide bonds. The van der Waals surface area contributed by atoms with E-state index in [1.54, 1.807) is 23.7 Å². The van der Waals surface area contributed by atoms with Crippen molar-refractivity contribution in [1.82, 2.24) is 19.9 Å². The lowest BCUT2D eigenvalue weighted by molar-refractivity contribution is 0.595. The van der Waals surface area contributed by atoms with Crippen molar-refractivity contribution >= 4 is 32.9 Å². The van der Waals surface area contributed by atoms with Crippen molar-refractivity contribution in [3.63, 3.8) is 0 Å². The van der Waals surface area contributed by atoms with E-state index in [4.69, 9.17) is 11.6 Å². The molecule has 3 aromatic rings. The molecule has 7 nitrogen and oxygen atoms in total. The first kappa shape index (κ1) is 17.3. The predicted molar refractivity (Wildman–Crippen MR) is 99.6 cm³/mol. The van der Waals surface area contributed by atoms with Crippen LogP contribution in [0.2, 0.25) is 5.02 Å². The summed E-state index contributed by atoms with van der Waals surface area (Å²) in [5.41, 5.74) is 3.23. The van der Waals surface area contributed by atoms with Gasteiger partial charge in [0.1, 0.15) is 0 Å². The molecule has 1 aromatic carbocycles. The van der Waals surface area contributed by atoms with Crippen LogP contribution in [0.5, 0.6) is 0 Å². The number of aryl methyl sites for hydroxylation is 1. The first-order valence-electron chi connectivity index (χ1n) is 8.23. The Morgan fingerprint density at radius 1 is 1.35 bits per heavy atom. The average molecular weight is 392 g/mol. The van der Waals surface area contributed by atoms with Crippen LogP contribution in [-0.4, -0.2) is 36.6 Å². The zero-order valence-electron chi connectivity index (χ0n) is 14.4. The van der Waals surface area contributed by atoms with Gasteiger partial charge in [-0.05, 0) is 43.7 Å². The Morgan fingerprint density at radius 2 is 2.15 bits per heavy atom. The van der Waals surface area contributed by atoms with Crippen molar-refractivity contribution < 1.29 is 8.42 Å². The molecular weight excluding hydrogens is 374 g/mol. The van der Waals surface area contributed by atoms with Crippen LogP contribution < -0.4 is 10.6 Å². The van der Waals surface area contributed by atoms with E-state index in [9.17, 15) is 8.42 Å². The normalized spacial score (nSPS) is 14.4. The van der Waals surface area contributed by atoms with Crippen molar-refractivity contribution in [2.75, 3.05) is 18.9 Å². The maximum absolute atomic E-state index is 13.3. The van der Waals surface area contributed by atoms with Crippen LogP contribution in [-0.2, 0) is 22.8 Å². The van der Waals surface area contributed by atoms with Crippen LogP contribution in [0, 0.1) is 6.92 Å². The summed E-state index contributed by atoms with van der Waals surface area (Å²) >= 11 is 6.00. The summed E-state index contributed by atoms with van der Waals surface area (Å²) in [5.74, 6) is 0.274. The lowest BCUT2D eigenvalue weighted by Crippen LogP contribution is -2.27. The van der Waals surface area contributed by atoms with Gasteiger partial charge in [0.25, 0.3) is 0 Å². The summed E-state index contributed by atoms with van der Waals surface area (Å²) < 4.78 is 28.3. The second kappa shape index (κ2) is 6.22. The van der Waals surface area contributed by atoms with Gasteiger partial charge < -0.3 is 10.6 Å². The lowest BCUT2D eigenvalue weighted by Gasteiger charge is -2.19. The maximum Gasteiger partial charge on any atom is 0.214 e. The molecule has 3 heterocycles. The molecule has 2 aromatic heterocycles. The van der Waals surface area contributed by atoms with Crippen molar-refractivity contribution in [2.24, 2.45) is 0 Å². The molecule has 0 saturated heterocycles. The number of hydrogen-bond donors (Lipinski definition) is 2. The number of aromatic nitrogens is 3. The summed E-state index contributed by atoms with van der Waals surface area (Å²) in [6.45, 7) is 3.40. The lowest BCUT2D eigenvalue weighted by atomic mass is 10.1. The van der Waals surface area contributed by atoms with E-state index in [-0.39, 0.29) is 15.6 Å². The fraction of sp³-hybridized carbons (Fsp3) is 0.294. The number of nitrogens with one attached hydrogen (secondary N) is 2. The smallest absolute Gasteiger partial charge is 0.214 e. The summed E-state index contributed by atoms with van der Waals surface area (Å²) in [4.78, 5) is 4.78. The number of nitrogens with zero attached hydrogens (tertiary/aromatic N) is 3. The molecule has 1 aliphatic heterocycles. The van der Waals surface area contributed by atoms with Crippen LogP contribution in [0.4, 0.5) is 5.82 Å². The van der Waals surface area contributed by atoms with Gasteiger partial charge in [-0.15, -0.1) is 5.10 Å². The van der Waals surface area contributed by atoms with Gasteiger partial charge in [-0.2, -0.15) is 0 Å². The van der Waals surface area contributed by atoms with Crippen molar-refractivity contribution in [3.8, 4) is 0 Å². The fourth-order valence-electron chi connectivity index (χ4n) is 3.33. The zero-order chi connectivity index (χ0) is 18.5. The molecular formula is C17H18ClN5O2S. The third-order valence-corrected chi connectivity index (χ3v) is 6.61. The molecule has 1 aliphatic rings. The zero-order valence-corrected chi connectivity index (χ0v) is 15.9. The molecule has 0 bridgehead atoms. The van der Waals surface area contributed by atoms with E-state index < -0.39 is 9.84 Å². The summed E-state index contributed by atoms with van der Waals surface area (Å²) in [6.07, 6.45) is 0.842. The Kier molecular flexibility index (Phi) is 4.13. The van der Waals surface area contributed by atoms with Gasteiger partial charge in [0.05, 0.1) is 10.6 Å². The van der Waals surface area contributed by atoms with E-state index in [0.717, 1.165) is 29.9 Å². The van der Waals surface area contributed by atoms with Crippen LogP contribution in [0.1, 0.15) is 17.0 Å². The molecule has 0 unspecified atom stereocenters. The fourth-order valence-corrected chi connectivity index (χ4v) is 5.13. The van der Waals surface area contributed by atoms with Crippen LogP contribution in [0.25, 0.3) is 5.65 Å². The van der Waals surface area contributed by atoms with Gasteiger partial charge in [0.2, 0.25) is 9.84 Å². The monoisotopic (exact) mass is 391 g/mol.